The van der Waals surface area contributed by atoms with Gasteiger partial charge in [-0.2, -0.15) is 0 Å². The average Bonchev–Trinajstić information content (AvgIpc) is 2.27. The summed E-state index contributed by atoms with van der Waals surface area (Å²) in [6.45, 7) is 9.35. The molecule has 3 heteroatoms. The smallest absolute Gasteiger partial charge is 0.229 e. The lowest BCUT2D eigenvalue weighted by Gasteiger charge is -2.19. The fourth-order valence-corrected chi connectivity index (χ4v) is 1.35. The molecule has 0 bridgehead atoms. The summed E-state index contributed by atoms with van der Waals surface area (Å²) < 4.78 is 5.22. The van der Waals surface area contributed by atoms with Gasteiger partial charge in [-0.1, -0.05) is 39.5 Å². The van der Waals surface area contributed by atoms with E-state index < -0.39 is 5.41 Å². The van der Waals surface area contributed by atoms with Gasteiger partial charge in [0, 0.05) is 11.0 Å². The largest absolute Gasteiger partial charge is 0.496 e. The van der Waals surface area contributed by atoms with E-state index >= 15 is 0 Å². The van der Waals surface area contributed by atoms with Crippen LogP contribution < -0.4 is 10.1 Å². The van der Waals surface area contributed by atoms with Gasteiger partial charge in [0.05, 0.1) is 12.8 Å². The minimum Gasteiger partial charge on any atom is -0.496 e. The highest BCUT2D eigenvalue weighted by Gasteiger charge is 2.22. The summed E-state index contributed by atoms with van der Waals surface area (Å²) in [5.41, 5.74) is 1.09. The van der Waals surface area contributed by atoms with Gasteiger partial charge in [-0.25, -0.2) is 0 Å². The Morgan fingerprint density at radius 2 is 2.06 bits per heavy atom. The molecule has 1 N–H and O–H groups in total. The van der Waals surface area contributed by atoms with Crippen LogP contribution in [0, 0.1) is 5.41 Å². The predicted octanol–water partition coefficient (Wildman–Crippen LogP) is 3.32. The summed E-state index contributed by atoms with van der Waals surface area (Å²) in [5.74, 6) is 0.667. The minimum absolute atomic E-state index is 0.0335. The first-order valence-electron chi connectivity index (χ1n) is 5.51. The maximum absolute atomic E-state index is 11.9. The molecule has 1 amide bonds. The lowest BCUT2D eigenvalue weighted by atomic mass is 9.95. The van der Waals surface area contributed by atoms with Crippen molar-refractivity contribution in [2.24, 2.45) is 5.41 Å². The van der Waals surface area contributed by atoms with Crippen LogP contribution in [-0.4, -0.2) is 13.0 Å². The molecule has 0 aliphatic carbocycles. The van der Waals surface area contributed by atoms with E-state index in [0.717, 1.165) is 11.3 Å². The molecular formula is C14H19NO2. The number of hydrogen-bond donors (Lipinski definition) is 1. The molecule has 0 heterocycles. The predicted molar refractivity (Wildman–Crippen MR) is 71.2 cm³/mol. The third-order valence-corrected chi connectivity index (χ3v) is 2.42. The molecule has 0 spiro atoms. The number of carbonyl (C=O) groups is 1. The number of anilines is 1. The van der Waals surface area contributed by atoms with Gasteiger partial charge >= 0.3 is 0 Å². The van der Waals surface area contributed by atoms with E-state index in [0.29, 0.717) is 5.75 Å². The third kappa shape index (κ3) is 3.09. The molecule has 92 valence electrons. The molecule has 1 rings (SSSR count). The number of ether oxygens (including phenoxy) is 1. The zero-order valence-electron chi connectivity index (χ0n) is 10.8. The van der Waals surface area contributed by atoms with Gasteiger partial charge in [-0.05, 0) is 12.1 Å². The van der Waals surface area contributed by atoms with Crippen molar-refractivity contribution in [3.8, 4) is 5.75 Å². The van der Waals surface area contributed by atoms with Gasteiger partial charge in [0.25, 0.3) is 0 Å². The molecule has 0 saturated carbocycles. The Labute approximate surface area is 102 Å². The maximum Gasteiger partial charge on any atom is 0.229 e. The van der Waals surface area contributed by atoms with E-state index in [4.69, 9.17) is 4.74 Å². The van der Waals surface area contributed by atoms with Gasteiger partial charge in [-0.3, -0.25) is 4.79 Å². The van der Waals surface area contributed by atoms with Crippen LogP contribution in [0.25, 0.3) is 6.08 Å². The highest BCUT2D eigenvalue weighted by molar-refractivity contribution is 5.96. The standard InChI is InChI=1S/C14H19NO2/c1-6-10-11(8-7-9-12(10)17-5)15-13(16)14(2,3)4/h6-9H,1H2,2-5H3,(H,15,16). The van der Waals surface area contributed by atoms with E-state index in [9.17, 15) is 4.79 Å². The number of methoxy groups -OCH3 is 1. The van der Waals surface area contributed by atoms with E-state index in [1.54, 1.807) is 13.2 Å². The van der Waals surface area contributed by atoms with Crippen molar-refractivity contribution in [3.63, 3.8) is 0 Å². The third-order valence-electron chi connectivity index (χ3n) is 2.42. The van der Waals surface area contributed by atoms with E-state index in [2.05, 4.69) is 11.9 Å². The molecule has 0 atom stereocenters. The van der Waals surface area contributed by atoms with Crippen molar-refractivity contribution in [1.29, 1.82) is 0 Å². The fourth-order valence-electron chi connectivity index (χ4n) is 1.35. The summed E-state index contributed by atoms with van der Waals surface area (Å²) in [6.07, 6.45) is 1.68. The average molecular weight is 233 g/mol. The molecule has 1 aromatic carbocycles. The van der Waals surface area contributed by atoms with E-state index in [-0.39, 0.29) is 5.91 Å². The summed E-state index contributed by atoms with van der Waals surface area (Å²) in [4.78, 5) is 11.9. The normalized spacial score (nSPS) is 10.8. The molecule has 0 unspecified atom stereocenters. The monoisotopic (exact) mass is 233 g/mol. The van der Waals surface area contributed by atoms with Crippen molar-refractivity contribution in [1.82, 2.24) is 0 Å². The Morgan fingerprint density at radius 1 is 1.41 bits per heavy atom. The first-order chi connectivity index (χ1) is 7.90. The molecule has 17 heavy (non-hydrogen) atoms. The van der Waals surface area contributed by atoms with Crippen molar-refractivity contribution >= 4 is 17.7 Å². The summed E-state index contributed by atoms with van der Waals surface area (Å²) in [6, 6.07) is 5.51. The van der Waals surface area contributed by atoms with Gasteiger partial charge in [0.15, 0.2) is 0 Å². The number of carbonyl (C=O) groups excluding carboxylic acids is 1. The molecule has 1 aromatic rings. The van der Waals surface area contributed by atoms with Crippen molar-refractivity contribution < 1.29 is 9.53 Å². The minimum atomic E-state index is -0.429. The first kappa shape index (κ1) is 13.3. The van der Waals surface area contributed by atoms with Crippen LogP contribution in [0.5, 0.6) is 5.75 Å². The molecule has 3 nitrogen and oxygen atoms in total. The second-order valence-corrected chi connectivity index (χ2v) is 4.83. The molecule has 0 fully saturated rings. The first-order valence-corrected chi connectivity index (χ1v) is 5.51. The van der Waals surface area contributed by atoms with E-state index in [1.165, 1.54) is 0 Å². The maximum atomic E-state index is 11.9. The lowest BCUT2D eigenvalue weighted by molar-refractivity contribution is -0.123. The van der Waals surface area contributed by atoms with Crippen LogP contribution in [0.15, 0.2) is 24.8 Å². The zero-order chi connectivity index (χ0) is 13.1. The highest BCUT2D eigenvalue weighted by atomic mass is 16.5. The number of benzene rings is 1. The molecular weight excluding hydrogens is 214 g/mol. The van der Waals surface area contributed by atoms with Crippen LogP contribution in [0.3, 0.4) is 0 Å². The number of hydrogen-bond acceptors (Lipinski definition) is 2. The summed E-state index contributed by atoms with van der Waals surface area (Å²) >= 11 is 0. The molecule has 0 aromatic heterocycles. The Kier molecular flexibility index (Phi) is 3.94. The highest BCUT2D eigenvalue weighted by Crippen LogP contribution is 2.28. The topological polar surface area (TPSA) is 38.3 Å². The Hall–Kier alpha value is -1.77. The molecule has 0 aliphatic heterocycles. The number of nitrogens with one attached hydrogen (secondary N) is 1. The summed E-state index contributed by atoms with van der Waals surface area (Å²) in [5, 5.41) is 2.89. The number of amides is 1. The van der Waals surface area contributed by atoms with Crippen LogP contribution in [0.2, 0.25) is 0 Å². The SMILES string of the molecule is C=Cc1c(NC(=O)C(C)(C)C)cccc1OC. The fraction of sp³-hybridized carbons (Fsp3) is 0.357. The van der Waals surface area contributed by atoms with Gasteiger partial charge in [-0.15, -0.1) is 0 Å². The molecule has 0 radical (unpaired) electrons. The van der Waals surface area contributed by atoms with Crippen LogP contribution >= 0.6 is 0 Å². The Morgan fingerprint density at radius 3 is 2.53 bits per heavy atom. The van der Waals surface area contributed by atoms with Crippen LogP contribution in [0.1, 0.15) is 26.3 Å². The van der Waals surface area contributed by atoms with E-state index in [1.807, 2.05) is 39.0 Å². The lowest BCUT2D eigenvalue weighted by Crippen LogP contribution is -2.27. The Bertz CT molecular complexity index is 430. The van der Waals surface area contributed by atoms with Gasteiger partial charge < -0.3 is 10.1 Å². The zero-order valence-corrected chi connectivity index (χ0v) is 10.8. The quantitative estimate of drug-likeness (QED) is 0.869. The van der Waals surface area contributed by atoms with Crippen molar-refractivity contribution in [2.45, 2.75) is 20.8 Å². The van der Waals surface area contributed by atoms with Crippen LogP contribution in [0.4, 0.5) is 5.69 Å². The molecule has 0 aliphatic rings. The van der Waals surface area contributed by atoms with Gasteiger partial charge in [0.1, 0.15) is 5.75 Å². The number of rotatable bonds is 3. The van der Waals surface area contributed by atoms with Crippen LogP contribution in [-0.2, 0) is 4.79 Å². The summed E-state index contributed by atoms with van der Waals surface area (Å²) in [7, 11) is 1.59. The van der Waals surface area contributed by atoms with Gasteiger partial charge in [0.2, 0.25) is 5.91 Å². The van der Waals surface area contributed by atoms with Crippen molar-refractivity contribution in [3.05, 3.63) is 30.3 Å². The second-order valence-electron chi connectivity index (χ2n) is 4.83. The Balaban J connectivity index is 3.07. The van der Waals surface area contributed by atoms with Crippen molar-refractivity contribution in [2.75, 3.05) is 12.4 Å². The second kappa shape index (κ2) is 5.04. The molecule has 0 saturated heterocycles.